The molecule has 0 radical (unpaired) electrons. The van der Waals surface area contributed by atoms with Crippen molar-refractivity contribution in [3.05, 3.63) is 63.4 Å². The first-order valence-corrected chi connectivity index (χ1v) is 8.22. The number of hydrogen-bond acceptors (Lipinski definition) is 2. The molecule has 0 aromatic heterocycles. The Hall–Kier alpha value is -1.88. The van der Waals surface area contributed by atoms with Gasteiger partial charge in [0.05, 0.1) is 6.42 Å². The van der Waals surface area contributed by atoms with Crippen LogP contribution in [0.2, 0.25) is 0 Å². The first-order chi connectivity index (χ1) is 11.0. The fourth-order valence-corrected chi connectivity index (χ4v) is 2.74. The SMILES string of the molecule is CCc1ccc(OCc2c(Br)cccc2CC(=O)NC)c(F)c1. The first kappa shape index (κ1) is 17.5. The summed E-state index contributed by atoms with van der Waals surface area (Å²) < 4.78 is 20.5. The highest BCUT2D eigenvalue weighted by atomic mass is 79.9. The normalized spacial score (nSPS) is 10.4. The first-order valence-electron chi connectivity index (χ1n) is 7.43. The fraction of sp³-hybridized carbons (Fsp3) is 0.278. The Morgan fingerprint density at radius 3 is 2.74 bits per heavy atom. The number of carbonyl (C=O) groups is 1. The molecule has 0 aliphatic carbocycles. The van der Waals surface area contributed by atoms with Crippen LogP contribution in [0.15, 0.2) is 40.9 Å². The highest BCUT2D eigenvalue weighted by molar-refractivity contribution is 9.10. The number of ether oxygens (including phenoxy) is 1. The molecule has 0 saturated carbocycles. The summed E-state index contributed by atoms with van der Waals surface area (Å²) in [4.78, 5) is 11.6. The van der Waals surface area contributed by atoms with Crippen LogP contribution in [0.3, 0.4) is 0 Å². The molecule has 5 heteroatoms. The van der Waals surface area contributed by atoms with Gasteiger partial charge in [-0.2, -0.15) is 0 Å². The summed E-state index contributed by atoms with van der Waals surface area (Å²) in [6.07, 6.45) is 1.03. The van der Waals surface area contributed by atoms with Crippen LogP contribution in [-0.2, 0) is 24.2 Å². The lowest BCUT2D eigenvalue weighted by Gasteiger charge is -2.13. The molecule has 1 N–H and O–H groups in total. The largest absolute Gasteiger partial charge is 0.486 e. The van der Waals surface area contributed by atoms with Crippen molar-refractivity contribution in [2.45, 2.75) is 26.4 Å². The van der Waals surface area contributed by atoms with Gasteiger partial charge < -0.3 is 10.1 Å². The molecule has 0 saturated heterocycles. The van der Waals surface area contributed by atoms with Gasteiger partial charge in [-0.1, -0.05) is 41.1 Å². The zero-order valence-electron chi connectivity index (χ0n) is 13.2. The van der Waals surface area contributed by atoms with Crippen molar-refractivity contribution in [1.82, 2.24) is 5.32 Å². The Bertz CT molecular complexity index is 703. The van der Waals surface area contributed by atoms with E-state index >= 15 is 0 Å². The molecule has 1 amide bonds. The molecular formula is C18H19BrFNO2. The minimum atomic E-state index is -0.371. The van der Waals surface area contributed by atoms with Crippen LogP contribution in [0.1, 0.15) is 23.6 Å². The van der Waals surface area contributed by atoms with E-state index in [2.05, 4.69) is 21.2 Å². The zero-order valence-corrected chi connectivity index (χ0v) is 14.7. The second-order valence-electron chi connectivity index (χ2n) is 5.13. The third kappa shape index (κ3) is 4.55. The number of halogens is 2. The number of amides is 1. The highest BCUT2D eigenvalue weighted by Gasteiger charge is 2.12. The van der Waals surface area contributed by atoms with Gasteiger partial charge in [0.1, 0.15) is 6.61 Å². The standard InChI is InChI=1S/C18H19BrFNO2/c1-3-12-7-8-17(16(20)9-12)23-11-14-13(10-18(22)21-2)5-4-6-15(14)19/h4-9H,3,10-11H2,1-2H3,(H,21,22). The summed E-state index contributed by atoms with van der Waals surface area (Å²) in [6.45, 7) is 2.16. The summed E-state index contributed by atoms with van der Waals surface area (Å²) >= 11 is 3.47. The molecule has 122 valence electrons. The van der Waals surface area contributed by atoms with Gasteiger partial charge in [0.2, 0.25) is 5.91 Å². The van der Waals surface area contributed by atoms with Crippen molar-refractivity contribution in [2.75, 3.05) is 7.05 Å². The third-order valence-electron chi connectivity index (χ3n) is 3.62. The maximum Gasteiger partial charge on any atom is 0.224 e. The van der Waals surface area contributed by atoms with Crippen molar-refractivity contribution >= 4 is 21.8 Å². The maximum absolute atomic E-state index is 14.0. The van der Waals surface area contributed by atoms with Gasteiger partial charge in [-0.25, -0.2) is 4.39 Å². The summed E-state index contributed by atoms with van der Waals surface area (Å²) in [5.74, 6) is -0.240. The maximum atomic E-state index is 14.0. The van der Waals surface area contributed by atoms with E-state index in [1.165, 1.54) is 6.07 Å². The van der Waals surface area contributed by atoms with Crippen LogP contribution in [0.4, 0.5) is 4.39 Å². The third-order valence-corrected chi connectivity index (χ3v) is 4.37. The van der Waals surface area contributed by atoms with E-state index < -0.39 is 0 Å². The number of benzene rings is 2. The van der Waals surface area contributed by atoms with Crippen molar-refractivity contribution in [2.24, 2.45) is 0 Å². The molecule has 0 spiro atoms. The van der Waals surface area contributed by atoms with Crippen molar-refractivity contribution in [3.63, 3.8) is 0 Å². The van der Waals surface area contributed by atoms with E-state index in [9.17, 15) is 9.18 Å². The van der Waals surface area contributed by atoms with Crippen LogP contribution >= 0.6 is 15.9 Å². The molecule has 3 nitrogen and oxygen atoms in total. The Labute approximate surface area is 144 Å². The number of aryl methyl sites for hydroxylation is 1. The van der Waals surface area contributed by atoms with Crippen molar-refractivity contribution in [1.29, 1.82) is 0 Å². The van der Waals surface area contributed by atoms with Crippen LogP contribution in [0.25, 0.3) is 0 Å². The van der Waals surface area contributed by atoms with E-state index in [-0.39, 0.29) is 30.5 Å². The molecule has 0 bridgehead atoms. The van der Waals surface area contributed by atoms with Gasteiger partial charge in [0, 0.05) is 17.1 Å². The number of rotatable bonds is 6. The highest BCUT2D eigenvalue weighted by Crippen LogP contribution is 2.25. The summed E-state index contributed by atoms with van der Waals surface area (Å²) in [5, 5.41) is 2.60. The monoisotopic (exact) mass is 379 g/mol. The lowest BCUT2D eigenvalue weighted by molar-refractivity contribution is -0.119. The van der Waals surface area contributed by atoms with Gasteiger partial charge in [0.25, 0.3) is 0 Å². The lowest BCUT2D eigenvalue weighted by Crippen LogP contribution is -2.21. The molecule has 0 unspecified atom stereocenters. The number of hydrogen-bond donors (Lipinski definition) is 1. The Morgan fingerprint density at radius 1 is 1.30 bits per heavy atom. The summed E-state index contributed by atoms with van der Waals surface area (Å²) in [7, 11) is 1.60. The van der Waals surface area contributed by atoms with Crippen molar-refractivity contribution in [3.8, 4) is 5.75 Å². The van der Waals surface area contributed by atoms with Gasteiger partial charge in [-0.3, -0.25) is 4.79 Å². The lowest BCUT2D eigenvalue weighted by atomic mass is 10.0. The molecule has 2 aromatic rings. The average Bonchev–Trinajstić information content (AvgIpc) is 2.55. The molecule has 2 rings (SSSR count). The topological polar surface area (TPSA) is 38.3 Å². The number of nitrogens with one attached hydrogen (secondary N) is 1. The Morgan fingerprint density at radius 2 is 2.09 bits per heavy atom. The Kier molecular flexibility index (Phi) is 6.16. The predicted molar refractivity (Wildman–Crippen MR) is 92.0 cm³/mol. The van der Waals surface area contributed by atoms with E-state index in [1.54, 1.807) is 13.1 Å². The number of likely N-dealkylation sites (N-methyl/N-ethyl adjacent to an activating group) is 1. The van der Waals surface area contributed by atoms with Crippen molar-refractivity contribution < 1.29 is 13.9 Å². The zero-order chi connectivity index (χ0) is 16.8. The molecule has 0 aliphatic heterocycles. The van der Waals surface area contributed by atoms with Crippen LogP contribution < -0.4 is 10.1 Å². The van der Waals surface area contributed by atoms with Gasteiger partial charge in [-0.15, -0.1) is 0 Å². The average molecular weight is 380 g/mol. The quantitative estimate of drug-likeness (QED) is 0.822. The van der Waals surface area contributed by atoms with E-state index in [4.69, 9.17) is 4.74 Å². The molecule has 0 atom stereocenters. The molecule has 0 aliphatic rings. The van der Waals surface area contributed by atoms with Gasteiger partial charge >= 0.3 is 0 Å². The van der Waals surface area contributed by atoms with E-state index in [1.807, 2.05) is 31.2 Å². The second kappa shape index (κ2) is 8.11. The van der Waals surface area contributed by atoms with Gasteiger partial charge in [-0.05, 0) is 35.7 Å². The number of carbonyl (C=O) groups excluding carboxylic acids is 1. The smallest absolute Gasteiger partial charge is 0.224 e. The fourth-order valence-electron chi connectivity index (χ4n) is 2.22. The van der Waals surface area contributed by atoms with E-state index in [0.29, 0.717) is 0 Å². The van der Waals surface area contributed by atoms with Crippen LogP contribution in [0, 0.1) is 5.82 Å². The van der Waals surface area contributed by atoms with Crippen LogP contribution in [0.5, 0.6) is 5.75 Å². The molecule has 2 aromatic carbocycles. The van der Waals surface area contributed by atoms with Crippen LogP contribution in [-0.4, -0.2) is 13.0 Å². The molecule has 0 fully saturated rings. The summed E-state index contributed by atoms with van der Waals surface area (Å²) in [5.41, 5.74) is 2.62. The molecular weight excluding hydrogens is 361 g/mol. The Balaban J connectivity index is 2.18. The molecule has 0 heterocycles. The van der Waals surface area contributed by atoms with E-state index in [0.717, 1.165) is 27.6 Å². The summed E-state index contributed by atoms with van der Waals surface area (Å²) in [6, 6.07) is 10.6. The molecule has 23 heavy (non-hydrogen) atoms. The second-order valence-corrected chi connectivity index (χ2v) is 5.99. The minimum absolute atomic E-state index is 0.0807. The van der Waals surface area contributed by atoms with Gasteiger partial charge in [0.15, 0.2) is 11.6 Å². The predicted octanol–water partition coefficient (Wildman–Crippen LogP) is 4.02. The minimum Gasteiger partial charge on any atom is -0.486 e.